The van der Waals surface area contributed by atoms with Crippen LogP contribution in [0.3, 0.4) is 0 Å². The molecule has 82 valence electrons. The fraction of sp³-hybridized carbons (Fsp3) is 0.667. The normalized spacial score (nSPS) is 11.5. The molecule has 0 aliphatic rings. The van der Waals surface area contributed by atoms with Gasteiger partial charge in [-0.25, -0.2) is 4.79 Å². The van der Waals surface area contributed by atoms with Crippen LogP contribution in [0.4, 0.5) is 0 Å². The summed E-state index contributed by atoms with van der Waals surface area (Å²) in [5.74, 6) is -0.350. The Morgan fingerprint density at radius 1 is 1.50 bits per heavy atom. The molecule has 0 fully saturated rings. The van der Waals surface area contributed by atoms with Crippen LogP contribution in [-0.2, 0) is 13.6 Å². The van der Waals surface area contributed by atoms with Crippen LogP contribution in [0.1, 0.15) is 0 Å². The van der Waals surface area contributed by atoms with E-state index in [-0.39, 0.29) is 5.97 Å². The van der Waals surface area contributed by atoms with Crippen LogP contribution >= 0.6 is 0 Å². The van der Waals surface area contributed by atoms with Crippen molar-refractivity contribution in [1.29, 1.82) is 0 Å². The number of carbonyl (C=O) groups is 1. The molecule has 0 aliphatic carbocycles. The third-order valence-corrected chi connectivity index (χ3v) is 7.52. The van der Waals surface area contributed by atoms with Crippen LogP contribution < -0.4 is 0 Å². The number of hydrogen-bond donors (Lipinski definition) is 0. The molecule has 0 saturated carbocycles. The van der Waals surface area contributed by atoms with Gasteiger partial charge in [0.15, 0.2) is 17.4 Å². The van der Waals surface area contributed by atoms with Crippen LogP contribution in [0.5, 0.6) is 0 Å². The monoisotopic (exact) mass is 232 g/mol. The standard InChI is InChI=1S/C9H20O3Si2/c1-6-9(10)11-7-8-14(4,5)12-13(2)3/h6,13H,1,7-8H2,2-5H3. The van der Waals surface area contributed by atoms with Gasteiger partial charge in [0.25, 0.3) is 0 Å². The van der Waals surface area contributed by atoms with Gasteiger partial charge in [-0.05, 0) is 32.2 Å². The molecule has 0 aromatic rings. The maximum absolute atomic E-state index is 10.8. The van der Waals surface area contributed by atoms with E-state index in [1.165, 1.54) is 6.08 Å². The first-order valence-electron chi connectivity index (χ1n) is 4.84. The minimum absolute atomic E-state index is 0.350. The third kappa shape index (κ3) is 7.05. The van der Waals surface area contributed by atoms with E-state index >= 15 is 0 Å². The van der Waals surface area contributed by atoms with Crippen molar-refractivity contribution >= 4 is 23.3 Å². The molecule has 0 spiro atoms. The fourth-order valence-electron chi connectivity index (χ4n) is 1.15. The summed E-state index contributed by atoms with van der Waals surface area (Å²) in [6.45, 7) is 12.4. The average molecular weight is 232 g/mol. The second kappa shape index (κ2) is 6.16. The number of hydrogen-bond acceptors (Lipinski definition) is 3. The smallest absolute Gasteiger partial charge is 0.330 e. The largest absolute Gasteiger partial charge is 0.463 e. The molecule has 0 saturated heterocycles. The van der Waals surface area contributed by atoms with E-state index < -0.39 is 17.4 Å². The molecule has 0 bridgehead atoms. The average Bonchev–Trinajstić information content (AvgIpc) is 2.01. The predicted octanol–water partition coefficient (Wildman–Crippen LogP) is 1.92. The molecule has 3 nitrogen and oxygen atoms in total. The first-order valence-corrected chi connectivity index (χ1v) is 10.7. The summed E-state index contributed by atoms with van der Waals surface area (Å²) < 4.78 is 10.8. The molecule has 0 heterocycles. The lowest BCUT2D eigenvalue weighted by Gasteiger charge is -2.25. The van der Waals surface area contributed by atoms with E-state index in [2.05, 4.69) is 32.8 Å². The van der Waals surface area contributed by atoms with Crippen molar-refractivity contribution in [3.05, 3.63) is 12.7 Å². The van der Waals surface area contributed by atoms with Crippen LogP contribution in [0.25, 0.3) is 0 Å². The summed E-state index contributed by atoms with van der Waals surface area (Å²) in [4.78, 5) is 10.8. The van der Waals surface area contributed by atoms with Gasteiger partial charge in [0.1, 0.15) is 0 Å². The minimum atomic E-state index is -1.60. The van der Waals surface area contributed by atoms with Gasteiger partial charge >= 0.3 is 5.97 Å². The zero-order valence-corrected chi connectivity index (χ0v) is 11.7. The van der Waals surface area contributed by atoms with Gasteiger partial charge in [0.2, 0.25) is 0 Å². The van der Waals surface area contributed by atoms with Crippen LogP contribution in [0, 0.1) is 0 Å². The van der Waals surface area contributed by atoms with Crippen molar-refractivity contribution in [3.63, 3.8) is 0 Å². The van der Waals surface area contributed by atoms with Crippen molar-refractivity contribution in [3.8, 4) is 0 Å². The zero-order chi connectivity index (χ0) is 11.2. The molecule has 0 unspecified atom stereocenters. The Morgan fingerprint density at radius 3 is 2.50 bits per heavy atom. The first kappa shape index (κ1) is 13.6. The molecule has 0 atom stereocenters. The lowest BCUT2D eigenvalue weighted by molar-refractivity contribution is -0.137. The quantitative estimate of drug-likeness (QED) is 0.399. The van der Waals surface area contributed by atoms with Crippen LogP contribution in [0.2, 0.25) is 32.2 Å². The zero-order valence-electron chi connectivity index (χ0n) is 9.50. The lowest BCUT2D eigenvalue weighted by Crippen LogP contribution is -2.36. The van der Waals surface area contributed by atoms with Gasteiger partial charge in [0, 0.05) is 6.08 Å². The van der Waals surface area contributed by atoms with Crippen molar-refractivity contribution < 1.29 is 13.6 Å². The van der Waals surface area contributed by atoms with E-state index in [1.54, 1.807) is 0 Å². The molecule has 0 N–H and O–H groups in total. The molecule has 0 amide bonds. The Morgan fingerprint density at radius 2 is 2.07 bits per heavy atom. The van der Waals surface area contributed by atoms with E-state index in [0.717, 1.165) is 6.04 Å². The summed E-state index contributed by atoms with van der Waals surface area (Å²) >= 11 is 0. The summed E-state index contributed by atoms with van der Waals surface area (Å²) in [6.07, 6.45) is 1.19. The number of rotatable bonds is 6. The van der Waals surface area contributed by atoms with Gasteiger partial charge in [0.05, 0.1) is 6.61 Å². The molecule has 0 rings (SSSR count). The summed E-state index contributed by atoms with van der Waals surface area (Å²) in [5, 5.41) is 0. The second-order valence-corrected chi connectivity index (χ2v) is 11.1. The second-order valence-electron chi connectivity index (χ2n) is 4.05. The summed E-state index contributed by atoms with van der Waals surface area (Å²) in [5.41, 5.74) is 0. The fourth-order valence-corrected chi connectivity index (χ4v) is 7.32. The SMILES string of the molecule is C=CC(=O)OCC[Si](C)(C)O[SiH](C)C. The molecule has 5 heteroatoms. The van der Waals surface area contributed by atoms with Crippen LogP contribution in [0.15, 0.2) is 12.7 Å². The minimum Gasteiger partial charge on any atom is -0.463 e. The Hall–Kier alpha value is -0.396. The Bertz CT molecular complexity index is 202. The molecular formula is C9H20O3Si2. The highest BCUT2D eigenvalue weighted by Gasteiger charge is 2.23. The topological polar surface area (TPSA) is 35.5 Å². The highest BCUT2D eigenvalue weighted by atomic mass is 28.4. The van der Waals surface area contributed by atoms with E-state index in [9.17, 15) is 4.79 Å². The predicted molar refractivity (Wildman–Crippen MR) is 63.4 cm³/mol. The maximum atomic E-state index is 10.8. The van der Waals surface area contributed by atoms with Crippen molar-refractivity contribution in [2.24, 2.45) is 0 Å². The highest BCUT2D eigenvalue weighted by molar-refractivity contribution is 6.77. The van der Waals surface area contributed by atoms with Gasteiger partial charge in [-0.2, -0.15) is 0 Å². The molecule has 0 aliphatic heterocycles. The molecule has 0 radical (unpaired) electrons. The maximum Gasteiger partial charge on any atom is 0.330 e. The third-order valence-electron chi connectivity index (χ3n) is 1.67. The van der Waals surface area contributed by atoms with Crippen molar-refractivity contribution in [2.45, 2.75) is 32.2 Å². The van der Waals surface area contributed by atoms with E-state index in [0.29, 0.717) is 6.61 Å². The Kier molecular flexibility index (Phi) is 5.98. The Labute approximate surface area is 89.0 Å². The molecule has 0 aromatic carbocycles. The Balaban J connectivity index is 3.75. The van der Waals surface area contributed by atoms with E-state index in [1.807, 2.05) is 0 Å². The van der Waals surface area contributed by atoms with Gasteiger partial charge < -0.3 is 8.85 Å². The van der Waals surface area contributed by atoms with Crippen LogP contribution in [-0.4, -0.2) is 29.9 Å². The number of ether oxygens (including phenoxy) is 1. The molecule has 0 aromatic heterocycles. The van der Waals surface area contributed by atoms with Crippen molar-refractivity contribution in [1.82, 2.24) is 0 Å². The van der Waals surface area contributed by atoms with E-state index in [4.69, 9.17) is 8.85 Å². The highest BCUT2D eigenvalue weighted by Crippen LogP contribution is 2.12. The summed E-state index contributed by atoms with van der Waals surface area (Å²) in [7, 11) is -2.56. The number of carbonyl (C=O) groups excluding carboxylic acids is 1. The first-order chi connectivity index (χ1) is 6.37. The van der Waals surface area contributed by atoms with Gasteiger partial charge in [-0.15, -0.1) is 0 Å². The molecule has 14 heavy (non-hydrogen) atoms. The van der Waals surface area contributed by atoms with Crippen molar-refractivity contribution in [2.75, 3.05) is 6.61 Å². The van der Waals surface area contributed by atoms with Gasteiger partial charge in [-0.1, -0.05) is 6.58 Å². The summed E-state index contributed by atoms with van der Waals surface area (Å²) in [6, 6.07) is 0.859. The molecular weight excluding hydrogens is 212 g/mol. The number of esters is 1. The lowest BCUT2D eigenvalue weighted by atomic mass is 10.6. The van der Waals surface area contributed by atoms with Gasteiger partial charge in [-0.3, -0.25) is 0 Å².